The zero-order valence-corrected chi connectivity index (χ0v) is 15.4. The molecular formula is C11H10ClF13OS2. The highest BCUT2D eigenvalue weighted by molar-refractivity contribution is 8.46. The molecular weight excluding hydrogens is 495 g/mol. The fraction of sp³-hybridized carbons (Fsp3) is 1.00. The molecule has 17 heteroatoms. The number of alkyl halides is 13. The minimum atomic E-state index is -6.87. The van der Waals surface area contributed by atoms with Crippen molar-refractivity contribution >= 4 is 29.6 Å². The van der Waals surface area contributed by atoms with Gasteiger partial charge in [-0.3, -0.25) is 0 Å². The average molecular weight is 505 g/mol. The van der Waals surface area contributed by atoms with Crippen LogP contribution in [0.2, 0.25) is 0 Å². The van der Waals surface area contributed by atoms with Crippen LogP contribution in [0, 0.1) is 11.8 Å². The summed E-state index contributed by atoms with van der Waals surface area (Å²) in [4.78, 5) is 0. The molecule has 0 spiro atoms. The molecule has 0 aliphatic rings. The van der Waals surface area contributed by atoms with Crippen LogP contribution in [-0.2, 0) is 18.9 Å². The highest BCUT2D eigenvalue weighted by atomic mass is 35.7. The fourth-order valence-electron chi connectivity index (χ4n) is 2.11. The van der Waals surface area contributed by atoms with Gasteiger partial charge in [-0.25, -0.2) is 8.60 Å². The van der Waals surface area contributed by atoms with Gasteiger partial charge in [-0.15, -0.1) is 0 Å². The van der Waals surface area contributed by atoms with E-state index in [2.05, 4.69) is 11.2 Å². The summed E-state index contributed by atoms with van der Waals surface area (Å²) in [5.41, 5.74) is -6.39. The van der Waals surface area contributed by atoms with Gasteiger partial charge < -0.3 is 0 Å². The van der Waals surface area contributed by atoms with Crippen molar-refractivity contribution in [1.82, 2.24) is 0 Å². The quantitative estimate of drug-likeness (QED) is 0.301. The Morgan fingerprint density at radius 3 is 1.36 bits per heavy atom. The van der Waals surface area contributed by atoms with Gasteiger partial charge in [0.1, 0.15) is 7.71 Å². The summed E-state index contributed by atoms with van der Waals surface area (Å²) >= 11 is 4.04. The zero-order valence-electron chi connectivity index (χ0n) is 13.0. The van der Waals surface area contributed by atoms with Crippen LogP contribution in [0.4, 0.5) is 57.1 Å². The molecule has 0 aliphatic heterocycles. The molecule has 0 saturated carbocycles. The SMILES string of the molecule is O=S(=S)(Cl)CCC(CC(CC(F)(C(F)(F)F)C(F)(F)F)C(F)(F)F)C(F)(F)F. The number of rotatable bonds is 7. The van der Waals surface area contributed by atoms with E-state index in [9.17, 15) is 61.3 Å². The predicted octanol–water partition coefficient (Wildman–Crippen LogP) is 6.25. The number of halogens is 14. The average Bonchev–Trinajstić information content (AvgIpc) is 2.35. The molecule has 0 aromatic carbocycles. The minimum absolute atomic E-state index is 1.20. The maximum absolute atomic E-state index is 13.6. The Morgan fingerprint density at radius 1 is 0.750 bits per heavy atom. The third-order valence-electron chi connectivity index (χ3n) is 3.63. The number of hydrogen-bond acceptors (Lipinski definition) is 2. The lowest BCUT2D eigenvalue weighted by Crippen LogP contribution is -2.55. The molecule has 3 atom stereocenters. The monoisotopic (exact) mass is 504 g/mol. The molecule has 0 N–H and O–H groups in total. The summed E-state index contributed by atoms with van der Waals surface area (Å²) in [5, 5.41) is 0. The van der Waals surface area contributed by atoms with Gasteiger partial charge in [0.15, 0.2) is 0 Å². The molecule has 0 saturated heterocycles. The first kappa shape index (κ1) is 27.8. The van der Waals surface area contributed by atoms with Crippen LogP contribution in [0.5, 0.6) is 0 Å². The standard InChI is InChI=1S/C11H10ClF13OS2/c12-28(26,27)2-1-5(8(14,15)16)3-6(9(17,18)19)4-7(13,10(20,21)22)11(23,24)25/h5-6H,1-4H2. The van der Waals surface area contributed by atoms with Crippen LogP contribution in [0.3, 0.4) is 0 Å². The largest absolute Gasteiger partial charge is 0.431 e. The Kier molecular flexibility index (Phi) is 8.40. The third kappa shape index (κ3) is 7.88. The van der Waals surface area contributed by atoms with Crippen molar-refractivity contribution in [1.29, 1.82) is 0 Å². The van der Waals surface area contributed by atoms with Gasteiger partial charge in [0.2, 0.25) is 0 Å². The summed E-state index contributed by atoms with van der Waals surface area (Å²) in [6.45, 7) is 0. The van der Waals surface area contributed by atoms with E-state index in [-0.39, 0.29) is 0 Å². The lowest BCUT2D eigenvalue weighted by atomic mass is 9.83. The van der Waals surface area contributed by atoms with Crippen molar-refractivity contribution in [3.05, 3.63) is 0 Å². The second-order valence-corrected chi connectivity index (χ2v) is 10.9. The summed E-state index contributed by atoms with van der Waals surface area (Å²) in [7, 11) is 1.13. The van der Waals surface area contributed by atoms with Crippen molar-refractivity contribution in [2.75, 3.05) is 5.75 Å². The molecule has 0 heterocycles. The van der Waals surface area contributed by atoms with Crippen molar-refractivity contribution in [2.45, 2.75) is 49.6 Å². The maximum Gasteiger partial charge on any atom is 0.431 e. The van der Waals surface area contributed by atoms with Gasteiger partial charge in [0.25, 0.3) is 5.67 Å². The zero-order chi connectivity index (χ0) is 23.0. The highest BCUT2D eigenvalue weighted by Crippen LogP contribution is 2.53. The molecule has 0 aromatic heterocycles. The molecule has 0 aliphatic carbocycles. The van der Waals surface area contributed by atoms with E-state index in [1.54, 1.807) is 0 Å². The van der Waals surface area contributed by atoms with Crippen molar-refractivity contribution in [3.8, 4) is 0 Å². The van der Waals surface area contributed by atoms with Crippen LogP contribution in [0.25, 0.3) is 0 Å². The van der Waals surface area contributed by atoms with Crippen LogP contribution in [-0.4, -0.2) is 40.3 Å². The van der Waals surface area contributed by atoms with Crippen LogP contribution in [0.15, 0.2) is 0 Å². The molecule has 3 unspecified atom stereocenters. The summed E-state index contributed by atoms with van der Waals surface area (Å²) in [6, 6.07) is 0. The predicted molar refractivity (Wildman–Crippen MR) is 75.1 cm³/mol. The van der Waals surface area contributed by atoms with Gasteiger partial charge in [0.05, 0.1) is 11.8 Å². The normalized spacial score (nSPS) is 19.2. The van der Waals surface area contributed by atoms with E-state index in [1.165, 1.54) is 0 Å². The van der Waals surface area contributed by atoms with Crippen molar-refractivity contribution in [3.63, 3.8) is 0 Å². The van der Waals surface area contributed by atoms with E-state index in [4.69, 9.17) is 10.7 Å². The second-order valence-electron chi connectivity index (χ2n) is 5.75. The fourth-order valence-corrected chi connectivity index (χ4v) is 3.23. The topological polar surface area (TPSA) is 17.1 Å². The smallest absolute Gasteiger partial charge is 0.241 e. The third-order valence-corrected chi connectivity index (χ3v) is 5.32. The van der Waals surface area contributed by atoms with Crippen LogP contribution >= 0.6 is 10.7 Å². The number of hydrogen-bond donors (Lipinski definition) is 0. The van der Waals surface area contributed by atoms with E-state index in [1.807, 2.05) is 0 Å². The molecule has 0 bridgehead atoms. The molecule has 0 radical (unpaired) electrons. The van der Waals surface area contributed by atoms with Gasteiger partial charge in [-0.05, 0) is 34.7 Å². The Hall–Kier alpha value is -0.250. The summed E-state index contributed by atoms with van der Waals surface area (Å²) < 4.78 is 177. The van der Waals surface area contributed by atoms with Crippen molar-refractivity contribution in [2.24, 2.45) is 11.8 Å². The Labute approximate surface area is 158 Å². The highest BCUT2D eigenvalue weighted by Gasteiger charge is 2.74. The second kappa shape index (κ2) is 8.47. The Balaban J connectivity index is 5.97. The van der Waals surface area contributed by atoms with E-state index in [0.29, 0.717) is 0 Å². The molecule has 0 amide bonds. The first-order valence-electron chi connectivity index (χ1n) is 6.80. The lowest BCUT2D eigenvalue weighted by molar-refractivity contribution is -0.353. The van der Waals surface area contributed by atoms with E-state index >= 15 is 0 Å². The van der Waals surface area contributed by atoms with Gasteiger partial charge in [-0.2, -0.15) is 52.7 Å². The Morgan fingerprint density at radius 2 is 1.11 bits per heavy atom. The van der Waals surface area contributed by atoms with Crippen LogP contribution in [0.1, 0.15) is 19.3 Å². The van der Waals surface area contributed by atoms with E-state index < -0.39 is 74.9 Å². The maximum atomic E-state index is 13.6. The van der Waals surface area contributed by atoms with Gasteiger partial charge in [0, 0.05) is 12.2 Å². The van der Waals surface area contributed by atoms with Gasteiger partial charge in [-0.1, -0.05) is 0 Å². The van der Waals surface area contributed by atoms with E-state index in [0.717, 1.165) is 0 Å². The molecule has 0 aromatic rings. The first-order valence-corrected chi connectivity index (χ1v) is 10.3. The molecule has 0 fully saturated rings. The molecule has 0 rings (SSSR count). The summed E-state index contributed by atoms with van der Waals surface area (Å²) in [5.74, 6) is -8.34. The molecule has 1 nitrogen and oxygen atoms in total. The van der Waals surface area contributed by atoms with Gasteiger partial charge >= 0.3 is 24.7 Å². The van der Waals surface area contributed by atoms with Crippen molar-refractivity contribution < 1.29 is 61.3 Å². The Bertz CT molecular complexity index is 602. The summed E-state index contributed by atoms with van der Waals surface area (Å²) in [6.07, 6.45) is -32.5. The minimum Gasteiger partial charge on any atom is -0.241 e. The molecule has 170 valence electrons. The molecule has 28 heavy (non-hydrogen) atoms. The first-order chi connectivity index (χ1) is 11.9. The lowest BCUT2D eigenvalue weighted by Gasteiger charge is -2.35. The van der Waals surface area contributed by atoms with Crippen LogP contribution < -0.4 is 0 Å².